The number of carboxylic acid groups (broad SMARTS) is 1. The molecule has 0 aliphatic carbocycles. The first-order valence-electron chi connectivity index (χ1n) is 6.51. The number of carbonyl (C=O) groups is 3. The Morgan fingerprint density at radius 2 is 1.71 bits per heavy atom. The number of carboxylic acids is 1. The summed E-state index contributed by atoms with van der Waals surface area (Å²) < 4.78 is 0. The molecule has 1 aromatic carbocycles. The van der Waals surface area contributed by atoms with Crippen LogP contribution in [0.5, 0.6) is 0 Å². The molecule has 7 nitrogen and oxygen atoms in total. The van der Waals surface area contributed by atoms with E-state index >= 15 is 0 Å². The van der Waals surface area contributed by atoms with Gasteiger partial charge in [0.2, 0.25) is 5.91 Å². The predicted molar refractivity (Wildman–Crippen MR) is 76.6 cm³/mol. The molecule has 7 heteroatoms. The Labute approximate surface area is 122 Å². The van der Waals surface area contributed by atoms with Crippen LogP contribution in [0.15, 0.2) is 30.3 Å². The SMILES string of the molecule is CC(C)NC(=O)CNC(=O)N[C@@H](C(=O)O)c1ccccc1. The summed E-state index contributed by atoms with van der Waals surface area (Å²) in [5.41, 5.74) is 0.451. The highest BCUT2D eigenvalue weighted by Crippen LogP contribution is 2.12. The molecule has 1 aromatic rings. The third-order valence-electron chi connectivity index (χ3n) is 2.51. The molecule has 0 aliphatic heterocycles. The lowest BCUT2D eigenvalue weighted by atomic mass is 10.1. The minimum atomic E-state index is -1.18. The smallest absolute Gasteiger partial charge is 0.330 e. The van der Waals surface area contributed by atoms with Gasteiger partial charge < -0.3 is 21.1 Å². The maximum absolute atomic E-state index is 11.7. The number of aliphatic carboxylic acids is 1. The van der Waals surface area contributed by atoms with Crippen molar-refractivity contribution >= 4 is 17.9 Å². The van der Waals surface area contributed by atoms with E-state index in [9.17, 15) is 14.4 Å². The number of hydrogen-bond acceptors (Lipinski definition) is 3. The molecule has 0 fully saturated rings. The number of benzene rings is 1. The fourth-order valence-electron chi connectivity index (χ4n) is 1.65. The molecular weight excluding hydrogens is 274 g/mol. The van der Waals surface area contributed by atoms with Gasteiger partial charge in [-0.15, -0.1) is 0 Å². The third kappa shape index (κ3) is 5.94. The van der Waals surface area contributed by atoms with E-state index in [-0.39, 0.29) is 18.5 Å². The number of hydrogen-bond donors (Lipinski definition) is 4. The Morgan fingerprint density at radius 1 is 1.10 bits per heavy atom. The van der Waals surface area contributed by atoms with Gasteiger partial charge in [0, 0.05) is 6.04 Å². The van der Waals surface area contributed by atoms with E-state index in [1.54, 1.807) is 44.2 Å². The lowest BCUT2D eigenvalue weighted by molar-refractivity contribution is -0.139. The average molecular weight is 293 g/mol. The molecular formula is C14H19N3O4. The second-order valence-electron chi connectivity index (χ2n) is 4.73. The minimum absolute atomic E-state index is 0.0292. The molecule has 0 aliphatic rings. The van der Waals surface area contributed by atoms with Crippen LogP contribution >= 0.6 is 0 Å². The monoisotopic (exact) mass is 293 g/mol. The topological polar surface area (TPSA) is 108 Å². The highest BCUT2D eigenvalue weighted by molar-refractivity contribution is 5.87. The maximum Gasteiger partial charge on any atom is 0.330 e. The van der Waals surface area contributed by atoms with Gasteiger partial charge in [-0.3, -0.25) is 4.79 Å². The van der Waals surface area contributed by atoms with Crippen LogP contribution in [0, 0.1) is 0 Å². The van der Waals surface area contributed by atoms with Crippen molar-refractivity contribution < 1.29 is 19.5 Å². The van der Waals surface area contributed by atoms with Gasteiger partial charge in [0.05, 0.1) is 6.54 Å². The van der Waals surface area contributed by atoms with Crippen molar-refractivity contribution in [1.29, 1.82) is 0 Å². The molecule has 1 atom stereocenters. The average Bonchev–Trinajstić information content (AvgIpc) is 2.42. The van der Waals surface area contributed by atoms with Gasteiger partial charge in [-0.2, -0.15) is 0 Å². The Hall–Kier alpha value is -2.57. The van der Waals surface area contributed by atoms with Crippen molar-refractivity contribution in [2.24, 2.45) is 0 Å². The van der Waals surface area contributed by atoms with Crippen LogP contribution < -0.4 is 16.0 Å². The number of amides is 3. The maximum atomic E-state index is 11.7. The number of rotatable bonds is 6. The molecule has 0 radical (unpaired) electrons. The van der Waals surface area contributed by atoms with Crippen molar-refractivity contribution in [3.05, 3.63) is 35.9 Å². The fraction of sp³-hybridized carbons (Fsp3) is 0.357. The van der Waals surface area contributed by atoms with Crippen molar-refractivity contribution in [3.63, 3.8) is 0 Å². The summed E-state index contributed by atoms with van der Waals surface area (Å²) in [6.07, 6.45) is 0. The largest absolute Gasteiger partial charge is 0.479 e. The van der Waals surface area contributed by atoms with Crippen LogP contribution in [0.2, 0.25) is 0 Å². The van der Waals surface area contributed by atoms with E-state index in [2.05, 4.69) is 16.0 Å². The second-order valence-corrected chi connectivity index (χ2v) is 4.73. The molecule has 114 valence electrons. The highest BCUT2D eigenvalue weighted by atomic mass is 16.4. The summed E-state index contributed by atoms with van der Waals surface area (Å²) in [6, 6.07) is 6.40. The van der Waals surface area contributed by atoms with E-state index in [1.807, 2.05) is 0 Å². The van der Waals surface area contributed by atoms with Crippen LogP contribution in [-0.2, 0) is 9.59 Å². The number of nitrogens with one attached hydrogen (secondary N) is 3. The standard InChI is InChI=1S/C14H19N3O4/c1-9(2)16-11(18)8-15-14(21)17-12(13(19)20)10-6-4-3-5-7-10/h3-7,9,12H,8H2,1-2H3,(H,16,18)(H,19,20)(H2,15,17,21)/t12-/m1/s1. The van der Waals surface area contributed by atoms with Crippen LogP contribution in [0.3, 0.4) is 0 Å². The molecule has 0 saturated heterocycles. The van der Waals surface area contributed by atoms with Gasteiger partial charge in [-0.1, -0.05) is 30.3 Å². The van der Waals surface area contributed by atoms with Gasteiger partial charge in [0.15, 0.2) is 6.04 Å². The quantitative estimate of drug-likeness (QED) is 0.617. The molecule has 21 heavy (non-hydrogen) atoms. The summed E-state index contributed by atoms with van der Waals surface area (Å²) >= 11 is 0. The zero-order valence-corrected chi connectivity index (χ0v) is 11.9. The van der Waals surface area contributed by atoms with Crippen LogP contribution in [-0.4, -0.2) is 35.6 Å². The molecule has 0 unspecified atom stereocenters. The van der Waals surface area contributed by atoms with E-state index in [1.165, 1.54) is 0 Å². The van der Waals surface area contributed by atoms with Crippen molar-refractivity contribution in [2.75, 3.05) is 6.54 Å². The van der Waals surface area contributed by atoms with Crippen molar-refractivity contribution in [3.8, 4) is 0 Å². The predicted octanol–water partition coefficient (Wildman–Crippen LogP) is 0.636. The van der Waals surface area contributed by atoms with Crippen LogP contribution in [0.4, 0.5) is 4.79 Å². The summed E-state index contributed by atoms with van der Waals surface area (Å²) in [7, 11) is 0. The first kappa shape index (κ1) is 16.5. The first-order chi connectivity index (χ1) is 9.90. The molecule has 0 spiro atoms. The molecule has 0 saturated carbocycles. The highest BCUT2D eigenvalue weighted by Gasteiger charge is 2.21. The zero-order valence-electron chi connectivity index (χ0n) is 11.9. The molecule has 0 heterocycles. The molecule has 1 rings (SSSR count). The van der Waals surface area contributed by atoms with E-state index < -0.39 is 18.0 Å². The van der Waals surface area contributed by atoms with Gasteiger partial charge in [0.25, 0.3) is 0 Å². The van der Waals surface area contributed by atoms with Crippen molar-refractivity contribution in [1.82, 2.24) is 16.0 Å². The van der Waals surface area contributed by atoms with Crippen LogP contribution in [0.25, 0.3) is 0 Å². The fourth-order valence-corrected chi connectivity index (χ4v) is 1.65. The van der Waals surface area contributed by atoms with E-state index in [4.69, 9.17) is 5.11 Å². The lowest BCUT2D eigenvalue weighted by Gasteiger charge is -2.15. The molecule has 3 amide bonds. The molecule has 4 N–H and O–H groups in total. The zero-order chi connectivity index (χ0) is 15.8. The second kappa shape index (κ2) is 7.88. The Balaban J connectivity index is 2.55. The Morgan fingerprint density at radius 3 is 2.24 bits per heavy atom. The number of urea groups is 1. The summed E-state index contributed by atoms with van der Waals surface area (Å²) in [5.74, 6) is -1.52. The van der Waals surface area contributed by atoms with Gasteiger partial charge >= 0.3 is 12.0 Å². The normalized spacial score (nSPS) is 11.6. The summed E-state index contributed by atoms with van der Waals surface area (Å²) in [5, 5.41) is 16.4. The minimum Gasteiger partial charge on any atom is -0.479 e. The van der Waals surface area contributed by atoms with Gasteiger partial charge in [-0.05, 0) is 19.4 Å². The van der Waals surface area contributed by atoms with E-state index in [0.717, 1.165) is 0 Å². The molecule has 0 bridgehead atoms. The van der Waals surface area contributed by atoms with Crippen molar-refractivity contribution in [2.45, 2.75) is 25.9 Å². The Kier molecular flexibility index (Phi) is 6.19. The van der Waals surface area contributed by atoms with Crippen LogP contribution in [0.1, 0.15) is 25.5 Å². The Bertz CT molecular complexity index is 502. The van der Waals surface area contributed by atoms with E-state index in [0.29, 0.717) is 5.56 Å². The van der Waals surface area contributed by atoms with Gasteiger partial charge in [0.1, 0.15) is 0 Å². The van der Waals surface area contributed by atoms with Gasteiger partial charge in [-0.25, -0.2) is 9.59 Å². The number of carbonyl (C=O) groups excluding carboxylic acids is 2. The third-order valence-corrected chi connectivity index (χ3v) is 2.51. The summed E-state index contributed by atoms with van der Waals surface area (Å²) in [4.78, 5) is 34.2. The lowest BCUT2D eigenvalue weighted by Crippen LogP contribution is -2.45. The molecule has 0 aromatic heterocycles. The summed E-state index contributed by atoms with van der Waals surface area (Å²) in [6.45, 7) is 3.38. The first-order valence-corrected chi connectivity index (χ1v) is 6.51.